The summed E-state index contributed by atoms with van der Waals surface area (Å²) in [6.07, 6.45) is 2.92. The third-order valence-electron chi connectivity index (χ3n) is 5.11. The monoisotopic (exact) mass is 384 g/mol. The van der Waals surface area contributed by atoms with E-state index >= 15 is 0 Å². The van der Waals surface area contributed by atoms with E-state index in [0.29, 0.717) is 10.7 Å². The number of amides is 1. The van der Waals surface area contributed by atoms with Crippen LogP contribution in [-0.2, 0) is 24.3 Å². The molecular weight excluding hydrogens is 368 g/mol. The number of aromatic nitrogens is 3. The van der Waals surface area contributed by atoms with Gasteiger partial charge in [-0.25, -0.2) is 9.78 Å². The molecule has 1 saturated carbocycles. The van der Waals surface area contributed by atoms with Crippen molar-refractivity contribution in [2.75, 3.05) is 5.32 Å². The molecule has 1 N–H and O–H groups in total. The van der Waals surface area contributed by atoms with Crippen molar-refractivity contribution in [1.82, 2.24) is 14.1 Å². The molecule has 7 nitrogen and oxygen atoms in total. The lowest BCUT2D eigenvalue weighted by Crippen LogP contribution is -2.37. The van der Waals surface area contributed by atoms with Crippen LogP contribution < -0.4 is 16.6 Å². The number of carbonyl (C=O) groups is 1. The molecule has 1 aromatic carbocycles. The average Bonchev–Trinajstić information content (AvgIpc) is 3.47. The third-order valence-corrected chi connectivity index (χ3v) is 5.35. The lowest BCUT2D eigenvalue weighted by Gasteiger charge is -2.16. The Kier molecular flexibility index (Phi) is 3.92. The van der Waals surface area contributed by atoms with Crippen molar-refractivity contribution in [2.24, 2.45) is 14.1 Å². The third kappa shape index (κ3) is 2.75. The molecular formula is C19H17ClN4O3. The highest BCUT2D eigenvalue weighted by Crippen LogP contribution is 2.49. The predicted molar refractivity (Wildman–Crippen MR) is 103 cm³/mol. The minimum Gasteiger partial charge on any atom is -0.324 e. The van der Waals surface area contributed by atoms with E-state index in [1.165, 1.54) is 17.8 Å². The van der Waals surface area contributed by atoms with Gasteiger partial charge in [0.15, 0.2) is 0 Å². The normalized spacial score (nSPS) is 14.9. The standard InChI is InChI=1S/C19H17ClN4O3/c1-23-15-14(16(25)24(2)18(23)27)9-13(10-21-15)22-17(26)19(6-7-19)11-4-3-5-12(20)8-11/h3-5,8-10H,6-7H2,1-2H3,(H,22,26). The number of pyridine rings is 1. The van der Waals surface area contributed by atoms with Crippen LogP contribution in [0.5, 0.6) is 0 Å². The van der Waals surface area contributed by atoms with Crippen molar-refractivity contribution in [2.45, 2.75) is 18.3 Å². The van der Waals surface area contributed by atoms with Crippen LogP contribution in [0.4, 0.5) is 5.69 Å². The molecule has 3 aromatic rings. The van der Waals surface area contributed by atoms with Crippen molar-refractivity contribution in [3.8, 4) is 0 Å². The first-order chi connectivity index (χ1) is 12.8. The zero-order valence-corrected chi connectivity index (χ0v) is 15.6. The summed E-state index contributed by atoms with van der Waals surface area (Å²) in [5.74, 6) is -0.160. The van der Waals surface area contributed by atoms with E-state index in [0.717, 1.165) is 23.0 Å². The highest BCUT2D eigenvalue weighted by molar-refractivity contribution is 6.30. The fourth-order valence-corrected chi connectivity index (χ4v) is 3.53. The molecule has 4 rings (SSSR count). The number of halogens is 1. The number of carbonyl (C=O) groups excluding carboxylic acids is 1. The smallest absolute Gasteiger partial charge is 0.324 e. The summed E-state index contributed by atoms with van der Waals surface area (Å²) in [6.45, 7) is 0. The quantitative estimate of drug-likeness (QED) is 0.747. The predicted octanol–water partition coefficient (Wildman–Crippen LogP) is 1.96. The maximum Gasteiger partial charge on any atom is 0.332 e. The number of rotatable bonds is 3. The van der Waals surface area contributed by atoms with Gasteiger partial charge in [-0.05, 0) is 36.6 Å². The summed E-state index contributed by atoms with van der Waals surface area (Å²) < 4.78 is 2.32. The molecule has 8 heteroatoms. The molecule has 0 unspecified atom stereocenters. The van der Waals surface area contributed by atoms with E-state index in [9.17, 15) is 14.4 Å². The Bertz CT molecular complexity index is 1210. The Morgan fingerprint density at radius 2 is 1.93 bits per heavy atom. The van der Waals surface area contributed by atoms with Gasteiger partial charge in [-0.15, -0.1) is 0 Å². The van der Waals surface area contributed by atoms with E-state index in [-0.39, 0.29) is 16.9 Å². The van der Waals surface area contributed by atoms with Crippen molar-refractivity contribution >= 4 is 34.2 Å². The Hall–Kier alpha value is -2.93. The number of aryl methyl sites for hydroxylation is 1. The van der Waals surface area contributed by atoms with Crippen LogP contribution >= 0.6 is 11.6 Å². The van der Waals surface area contributed by atoms with Crippen LogP contribution in [0.3, 0.4) is 0 Å². The molecule has 1 amide bonds. The SMILES string of the molecule is Cn1c(=O)c2cc(NC(=O)C3(c4cccc(Cl)c4)CC3)cnc2n(C)c1=O. The summed E-state index contributed by atoms with van der Waals surface area (Å²) in [5, 5.41) is 3.71. The van der Waals surface area contributed by atoms with Crippen molar-refractivity contribution in [3.63, 3.8) is 0 Å². The summed E-state index contributed by atoms with van der Waals surface area (Å²) in [5.41, 5.74) is 0.0597. The fraction of sp³-hybridized carbons (Fsp3) is 0.263. The molecule has 1 aliphatic rings. The van der Waals surface area contributed by atoms with Gasteiger partial charge in [0.1, 0.15) is 5.65 Å². The number of hydrogen-bond donors (Lipinski definition) is 1. The first-order valence-corrected chi connectivity index (χ1v) is 8.84. The Labute approximate surface area is 159 Å². The van der Waals surface area contributed by atoms with Gasteiger partial charge < -0.3 is 5.32 Å². The molecule has 0 saturated heterocycles. The summed E-state index contributed by atoms with van der Waals surface area (Å²) in [7, 11) is 2.96. The molecule has 2 aromatic heterocycles. The number of fused-ring (bicyclic) bond motifs is 1. The molecule has 1 fully saturated rings. The lowest BCUT2D eigenvalue weighted by molar-refractivity contribution is -0.118. The second kappa shape index (κ2) is 6.06. The lowest BCUT2D eigenvalue weighted by atomic mass is 9.95. The van der Waals surface area contributed by atoms with Gasteiger partial charge in [-0.1, -0.05) is 23.7 Å². The first kappa shape index (κ1) is 17.5. The van der Waals surface area contributed by atoms with Gasteiger partial charge in [0.2, 0.25) is 5.91 Å². The Balaban J connectivity index is 1.71. The van der Waals surface area contributed by atoms with Crippen LogP contribution in [0.25, 0.3) is 11.0 Å². The zero-order chi connectivity index (χ0) is 19.3. The molecule has 1 aliphatic carbocycles. The number of nitrogens with one attached hydrogen (secondary N) is 1. The number of benzene rings is 1. The minimum atomic E-state index is -0.603. The van der Waals surface area contributed by atoms with Crippen LogP contribution in [0, 0.1) is 0 Å². The van der Waals surface area contributed by atoms with Crippen molar-refractivity contribution in [3.05, 3.63) is 68.0 Å². The van der Waals surface area contributed by atoms with E-state index in [2.05, 4.69) is 10.3 Å². The van der Waals surface area contributed by atoms with E-state index in [4.69, 9.17) is 11.6 Å². The number of hydrogen-bond acceptors (Lipinski definition) is 4. The van der Waals surface area contributed by atoms with Crippen molar-refractivity contribution in [1.29, 1.82) is 0 Å². The first-order valence-electron chi connectivity index (χ1n) is 8.47. The van der Waals surface area contributed by atoms with Crippen LogP contribution in [0.2, 0.25) is 5.02 Å². The molecule has 2 heterocycles. The summed E-state index contributed by atoms with van der Waals surface area (Å²) in [6, 6.07) is 8.84. The van der Waals surface area contributed by atoms with Gasteiger partial charge >= 0.3 is 5.69 Å². The number of anilines is 1. The Morgan fingerprint density at radius 1 is 1.19 bits per heavy atom. The van der Waals surface area contributed by atoms with Gasteiger partial charge in [-0.2, -0.15) is 0 Å². The molecule has 0 bridgehead atoms. The van der Waals surface area contributed by atoms with Gasteiger partial charge in [-0.3, -0.25) is 18.7 Å². The summed E-state index contributed by atoms with van der Waals surface area (Å²) in [4.78, 5) is 41.5. The molecule has 0 atom stereocenters. The highest BCUT2D eigenvalue weighted by atomic mass is 35.5. The Morgan fingerprint density at radius 3 is 2.59 bits per heavy atom. The average molecular weight is 385 g/mol. The largest absolute Gasteiger partial charge is 0.332 e. The van der Waals surface area contributed by atoms with Crippen molar-refractivity contribution < 1.29 is 4.79 Å². The zero-order valence-electron chi connectivity index (χ0n) is 14.8. The fourth-order valence-electron chi connectivity index (χ4n) is 3.34. The van der Waals surface area contributed by atoms with E-state index < -0.39 is 16.7 Å². The maximum atomic E-state index is 12.9. The van der Waals surface area contributed by atoms with Crippen LogP contribution in [0.15, 0.2) is 46.1 Å². The van der Waals surface area contributed by atoms with Crippen LogP contribution in [0.1, 0.15) is 18.4 Å². The summed E-state index contributed by atoms with van der Waals surface area (Å²) >= 11 is 6.06. The van der Waals surface area contributed by atoms with Gasteiger partial charge in [0, 0.05) is 19.1 Å². The maximum absolute atomic E-state index is 12.9. The topological polar surface area (TPSA) is 86.0 Å². The second-order valence-electron chi connectivity index (χ2n) is 6.85. The van der Waals surface area contributed by atoms with Gasteiger partial charge in [0.05, 0.1) is 22.7 Å². The second-order valence-corrected chi connectivity index (χ2v) is 7.28. The molecule has 27 heavy (non-hydrogen) atoms. The minimum absolute atomic E-state index is 0.160. The number of nitrogens with zero attached hydrogens (tertiary/aromatic N) is 3. The molecule has 0 radical (unpaired) electrons. The van der Waals surface area contributed by atoms with E-state index in [1.54, 1.807) is 25.2 Å². The van der Waals surface area contributed by atoms with Gasteiger partial charge in [0.25, 0.3) is 5.56 Å². The molecule has 0 aliphatic heterocycles. The van der Waals surface area contributed by atoms with E-state index in [1.807, 2.05) is 12.1 Å². The van der Waals surface area contributed by atoms with Crippen LogP contribution in [-0.4, -0.2) is 20.0 Å². The molecule has 138 valence electrons. The highest BCUT2D eigenvalue weighted by Gasteiger charge is 2.51. The molecule has 0 spiro atoms.